The van der Waals surface area contributed by atoms with Crippen LogP contribution >= 0.6 is 0 Å². The molecule has 0 amide bonds. The fourth-order valence-corrected chi connectivity index (χ4v) is 4.50. The maximum absolute atomic E-state index is 13.0. The van der Waals surface area contributed by atoms with Crippen LogP contribution in [0.2, 0.25) is 0 Å². The van der Waals surface area contributed by atoms with Crippen LogP contribution in [0.3, 0.4) is 0 Å². The zero-order valence-corrected chi connectivity index (χ0v) is 18.4. The molecule has 2 aliphatic rings. The summed E-state index contributed by atoms with van der Waals surface area (Å²) in [4.78, 5) is 17.8. The van der Waals surface area contributed by atoms with Gasteiger partial charge < -0.3 is 24.7 Å². The SMILES string of the molecule is CCOC(=O)C1=C(C)Oc2nc3c(c(N)c2[C@H]1c1ccc(OC)c(OC)c1)CCCC3. The number of aromatic nitrogens is 1. The molecular weight excluding hydrogens is 396 g/mol. The van der Waals surface area contributed by atoms with Crippen molar-refractivity contribution in [2.75, 3.05) is 26.6 Å². The van der Waals surface area contributed by atoms with Gasteiger partial charge in [0.1, 0.15) is 5.76 Å². The maximum atomic E-state index is 13.0. The summed E-state index contributed by atoms with van der Waals surface area (Å²) in [7, 11) is 3.17. The van der Waals surface area contributed by atoms with E-state index in [9.17, 15) is 4.79 Å². The van der Waals surface area contributed by atoms with Crippen molar-refractivity contribution in [1.82, 2.24) is 4.98 Å². The van der Waals surface area contributed by atoms with Gasteiger partial charge in [-0.15, -0.1) is 0 Å². The van der Waals surface area contributed by atoms with E-state index < -0.39 is 11.9 Å². The largest absolute Gasteiger partial charge is 0.493 e. The summed E-state index contributed by atoms with van der Waals surface area (Å²) in [6.07, 6.45) is 3.90. The van der Waals surface area contributed by atoms with E-state index in [1.165, 1.54) is 0 Å². The van der Waals surface area contributed by atoms with Crippen LogP contribution in [0.15, 0.2) is 29.5 Å². The smallest absolute Gasteiger partial charge is 0.338 e. The summed E-state index contributed by atoms with van der Waals surface area (Å²) in [5.74, 6) is 1.19. The lowest BCUT2D eigenvalue weighted by Crippen LogP contribution is -2.26. The van der Waals surface area contributed by atoms with E-state index in [2.05, 4.69) is 0 Å². The van der Waals surface area contributed by atoms with Gasteiger partial charge >= 0.3 is 5.97 Å². The summed E-state index contributed by atoms with van der Waals surface area (Å²) in [6.45, 7) is 3.81. The Labute approximate surface area is 182 Å². The molecule has 1 aromatic carbocycles. The van der Waals surface area contributed by atoms with Crippen molar-refractivity contribution in [1.29, 1.82) is 0 Å². The molecule has 2 aromatic rings. The number of carbonyl (C=O) groups is 1. The lowest BCUT2D eigenvalue weighted by Gasteiger charge is -2.32. The number of fused-ring (bicyclic) bond motifs is 2. The molecule has 0 fully saturated rings. The maximum Gasteiger partial charge on any atom is 0.338 e. The number of hydrogen-bond acceptors (Lipinski definition) is 7. The normalized spacial score (nSPS) is 17.4. The number of anilines is 1. The zero-order valence-electron chi connectivity index (χ0n) is 18.4. The highest BCUT2D eigenvalue weighted by molar-refractivity contribution is 5.93. The number of nitrogen functional groups attached to an aromatic ring is 1. The number of ether oxygens (including phenoxy) is 4. The molecule has 0 saturated carbocycles. The first-order valence-corrected chi connectivity index (χ1v) is 10.6. The lowest BCUT2D eigenvalue weighted by atomic mass is 9.80. The Bertz CT molecular complexity index is 1060. The Balaban J connectivity index is 1.96. The quantitative estimate of drug-likeness (QED) is 0.727. The minimum Gasteiger partial charge on any atom is -0.493 e. The van der Waals surface area contributed by atoms with Crippen molar-refractivity contribution in [2.45, 2.75) is 45.4 Å². The van der Waals surface area contributed by atoms with Crippen LogP contribution in [0.25, 0.3) is 0 Å². The molecule has 4 rings (SSSR count). The molecule has 2 N–H and O–H groups in total. The molecule has 1 aliphatic heterocycles. The van der Waals surface area contributed by atoms with Crippen LogP contribution in [0.5, 0.6) is 17.4 Å². The Kier molecular flexibility index (Phi) is 5.76. The molecule has 7 nitrogen and oxygen atoms in total. The molecule has 1 aliphatic carbocycles. The Morgan fingerprint density at radius 3 is 2.65 bits per heavy atom. The Hall–Kier alpha value is -3.22. The van der Waals surface area contributed by atoms with Crippen molar-refractivity contribution < 1.29 is 23.7 Å². The number of carbonyl (C=O) groups excluding carboxylic acids is 1. The molecule has 1 atom stereocenters. The second-order valence-corrected chi connectivity index (χ2v) is 7.72. The molecule has 164 valence electrons. The van der Waals surface area contributed by atoms with Crippen LogP contribution < -0.4 is 19.9 Å². The molecule has 2 heterocycles. The topological polar surface area (TPSA) is 92.9 Å². The number of benzene rings is 1. The number of rotatable bonds is 5. The fraction of sp³-hybridized carbons (Fsp3) is 0.417. The number of hydrogen-bond donors (Lipinski definition) is 1. The third-order valence-corrected chi connectivity index (χ3v) is 5.96. The van der Waals surface area contributed by atoms with Crippen molar-refractivity contribution in [3.63, 3.8) is 0 Å². The summed E-state index contributed by atoms with van der Waals surface area (Å²) < 4.78 is 22.3. The molecule has 0 spiro atoms. The van der Waals surface area contributed by atoms with Gasteiger partial charge in [0, 0.05) is 11.4 Å². The summed E-state index contributed by atoms with van der Waals surface area (Å²) in [6, 6.07) is 5.60. The molecule has 31 heavy (non-hydrogen) atoms. The van der Waals surface area contributed by atoms with Gasteiger partial charge in [-0.25, -0.2) is 9.78 Å². The number of nitrogens with two attached hydrogens (primary N) is 1. The van der Waals surface area contributed by atoms with Gasteiger partial charge in [-0.3, -0.25) is 0 Å². The van der Waals surface area contributed by atoms with Gasteiger partial charge in [0.2, 0.25) is 5.88 Å². The number of esters is 1. The number of aryl methyl sites for hydroxylation is 1. The molecule has 0 radical (unpaired) electrons. The third-order valence-electron chi connectivity index (χ3n) is 5.96. The van der Waals surface area contributed by atoms with Crippen molar-refractivity contribution >= 4 is 11.7 Å². The molecular formula is C24H28N2O5. The van der Waals surface area contributed by atoms with Gasteiger partial charge in [0.05, 0.1) is 37.9 Å². The number of methoxy groups -OCH3 is 2. The standard InChI is InChI=1S/C24H28N2O5/c1-5-30-24(27)19-13(2)31-23-21(22(25)15-8-6-7-9-16(15)26-23)20(19)14-10-11-17(28-3)18(12-14)29-4/h10-12,20H,5-9H2,1-4H3,(H2,25,26)/t20-/m0/s1. The summed E-state index contributed by atoms with van der Waals surface area (Å²) in [5.41, 5.74) is 11.4. The predicted molar refractivity (Wildman–Crippen MR) is 117 cm³/mol. The first-order chi connectivity index (χ1) is 15.0. The second kappa shape index (κ2) is 8.49. The van der Waals surface area contributed by atoms with E-state index in [4.69, 9.17) is 29.7 Å². The third kappa shape index (κ3) is 3.58. The van der Waals surface area contributed by atoms with Crippen molar-refractivity contribution in [3.8, 4) is 17.4 Å². The van der Waals surface area contributed by atoms with E-state index in [0.29, 0.717) is 40.0 Å². The van der Waals surface area contributed by atoms with Crippen LogP contribution in [-0.2, 0) is 22.4 Å². The van der Waals surface area contributed by atoms with E-state index in [0.717, 1.165) is 42.5 Å². The average molecular weight is 424 g/mol. The first kappa shape index (κ1) is 21.0. The van der Waals surface area contributed by atoms with Crippen molar-refractivity contribution in [3.05, 3.63) is 51.9 Å². The Morgan fingerprint density at radius 1 is 1.19 bits per heavy atom. The lowest BCUT2D eigenvalue weighted by molar-refractivity contribution is -0.139. The number of pyridine rings is 1. The Morgan fingerprint density at radius 2 is 1.94 bits per heavy atom. The minimum absolute atomic E-state index is 0.263. The fourth-order valence-electron chi connectivity index (χ4n) is 4.50. The average Bonchev–Trinajstić information content (AvgIpc) is 2.78. The molecule has 0 unspecified atom stereocenters. The predicted octanol–water partition coefficient (Wildman–Crippen LogP) is 3.92. The highest BCUT2D eigenvalue weighted by atomic mass is 16.5. The second-order valence-electron chi connectivity index (χ2n) is 7.72. The molecule has 0 saturated heterocycles. The number of allylic oxidation sites excluding steroid dienone is 1. The molecule has 0 bridgehead atoms. The first-order valence-electron chi connectivity index (χ1n) is 10.6. The van der Waals surface area contributed by atoms with E-state index >= 15 is 0 Å². The van der Waals surface area contributed by atoms with Gasteiger partial charge in [-0.1, -0.05) is 6.07 Å². The minimum atomic E-state index is -0.484. The van der Waals surface area contributed by atoms with Gasteiger partial charge in [-0.2, -0.15) is 0 Å². The highest BCUT2D eigenvalue weighted by Crippen LogP contribution is 2.48. The van der Waals surface area contributed by atoms with Crippen LogP contribution in [-0.4, -0.2) is 31.8 Å². The van der Waals surface area contributed by atoms with Crippen LogP contribution in [0.1, 0.15) is 55.0 Å². The number of nitrogens with zero attached hydrogens (tertiary/aromatic N) is 1. The van der Waals surface area contributed by atoms with E-state index in [1.807, 2.05) is 18.2 Å². The molecule has 7 heteroatoms. The monoisotopic (exact) mass is 424 g/mol. The highest BCUT2D eigenvalue weighted by Gasteiger charge is 2.39. The van der Waals surface area contributed by atoms with Crippen molar-refractivity contribution in [2.24, 2.45) is 0 Å². The van der Waals surface area contributed by atoms with E-state index in [-0.39, 0.29) is 6.61 Å². The van der Waals surface area contributed by atoms with Gasteiger partial charge in [0.25, 0.3) is 0 Å². The summed E-state index contributed by atoms with van der Waals surface area (Å²) in [5, 5.41) is 0. The zero-order chi connectivity index (χ0) is 22.1. The van der Waals surface area contributed by atoms with Gasteiger partial charge in [-0.05, 0) is 62.8 Å². The molecule has 1 aromatic heterocycles. The summed E-state index contributed by atoms with van der Waals surface area (Å²) >= 11 is 0. The van der Waals surface area contributed by atoms with Crippen LogP contribution in [0, 0.1) is 0 Å². The van der Waals surface area contributed by atoms with E-state index in [1.54, 1.807) is 28.1 Å². The van der Waals surface area contributed by atoms with Gasteiger partial charge in [0.15, 0.2) is 11.5 Å². The van der Waals surface area contributed by atoms with Crippen LogP contribution in [0.4, 0.5) is 5.69 Å².